The van der Waals surface area contributed by atoms with E-state index in [4.69, 9.17) is 4.74 Å². The number of aliphatic hydroxyl groups is 1. The summed E-state index contributed by atoms with van der Waals surface area (Å²) in [5.41, 5.74) is 1.76. The van der Waals surface area contributed by atoms with Crippen LogP contribution in [0.1, 0.15) is 89.8 Å². The first-order valence-electron chi connectivity index (χ1n) is 10.7. The summed E-state index contributed by atoms with van der Waals surface area (Å²) < 4.78 is 5.17. The third kappa shape index (κ3) is 5.63. The normalized spacial score (nSPS) is 20.2. The van der Waals surface area contributed by atoms with Gasteiger partial charge in [-0.25, -0.2) is 4.79 Å². The average molecular weight is 392 g/mol. The largest absolute Gasteiger partial charge is 0.508 e. The molecule has 0 spiro atoms. The van der Waals surface area contributed by atoms with E-state index in [1.807, 2.05) is 12.1 Å². The van der Waals surface area contributed by atoms with Crippen molar-refractivity contribution in [3.63, 3.8) is 0 Å². The second kappa shape index (κ2) is 10.1. The van der Waals surface area contributed by atoms with E-state index in [1.165, 1.54) is 25.7 Å². The standard InChI is InChI=1S/C23H37NO4/c1-5-7-8-9-13-23(3,4)17-10-11-19(21(26)15-17)20-16-18(25)12-14-24(20)22(27)28-6-2/h10-11,15,18,20,25-26H,5-9,12-14,16H2,1-4H3/t18-,20+/m1/s1. The van der Waals surface area contributed by atoms with E-state index in [2.05, 4.69) is 26.8 Å². The number of aromatic hydroxyl groups is 1. The molecule has 1 aromatic rings. The van der Waals surface area contributed by atoms with Gasteiger partial charge in [-0.2, -0.15) is 0 Å². The average Bonchev–Trinajstić information content (AvgIpc) is 2.65. The van der Waals surface area contributed by atoms with E-state index in [0.29, 0.717) is 31.6 Å². The molecular formula is C23H37NO4. The first-order chi connectivity index (χ1) is 13.3. The molecule has 1 saturated heterocycles. The quantitative estimate of drug-likeness (QED) is 0.590. The van der Waals surface area contributed by atoms with Gasteiger partial charge in [-0.3, -0.25) is 0 Å². The Morgan fingerprint density at radius 2 is 2.00 bits per heavy atom. The molecule has 1 aliphatic heterocycles. The van der Waals surface area contributed by atoms with Crippen molar-refractivity contribution in [1.29, 1.82) is 0 Å². The van der Waals surface area contributed by atoms with Gasteiger partial charge < -0.3 is 19.8 Å². The highest BCUT2D eigenvalue weighted by Crippen LogP contribution is 2.39. The van der Waals surface area contributed by atoms with Crippen molar-refractivity contribution in [1.82, 2.24) is 4.90 Å². The molecule has 1 amide bonds. The van der Waals surface area contributed by atoms with Crippen LogP contribution in [0.2, 0.25) is 0 Å². The number of hydrogen-bond acceptors (Lipinski definition) is 4. The highest BCUT2D eigenvalue weighted by atomic mass is 16.6. The van der Waals surface area contributed by atoms with Crippen molar-refractivity contribution in [3.8, 4) is 5.75 Å². The molecule has 0 aromatic heterocycles. The number of carbonyl (C=O) groups excluding carboxylic acids is 1. The molecule has 5 nitrogen and oxygen atoms in total. The molecule has 1 aliphatic rings. The zero-order valence-electron chi connectivity index (χ0n) is 17.9. The number of amides is 1. The number of piperidine rings is 1. The molecule has 0 radical (unpaired) electrons. The fourth-order valence-corrected chi connectivity index (χ4v) is 4.05. The molecule has 2 rings (SSSR count). The van der Waals surface area contributed by atoms with Crippen LogP contribution in [0.4, 0.5) is 4.79 Å². The molecular weight excluding hydrogens is 354 g/mol. The van der Waals surface area contributed by atoms with E-state index in [0.717, 1.165) is 12.0 Å². The van der Waals surface area contributed by atoms with Gasteiger partial charge in [-0.05, 0) is 43.2 Å². The predicted octanol–water partition coefficient (Wildman–Crippen LogP) is 5.29. The molecule has 0 aliphatic carbocycles. The van der Waals surface area contributed by atoms with Crippen LogP contribution in [0.3, 0.4) is 0 Å². The number of phenols is 1. The van der Waals surface area contributed by atoms with Crippen molar-refractivity contribution in [2.24, 2.45) is 0 Å². The molecule has 1 heterocycles. The molecule has 0 unspecified atom stereocenters. The van der Waals surface area contributed by atoms with E-state index >= 15 is 0 Å². The monoisotopic (exact) mass is 391 g/mol. The molecule has 2 N–H and O–H groups in total. The summed E-state index contributed by atoms with van der Waals surface area (Å²) in [4.78, 5) is 14.0. The molecule has 0 bridgehead atoms. The third-order valence-corrected chi connectivity index (χ3v) is 5.90. The third-order valence-electron chi connectivity index (χ3n) is 5.90. The lowest BCUT2D eigenvalue weighted by Crippen LogP contribution is -2.43. The highest BCUT2D eigenvalue weighted by molar-refractivity contribution is 5.69. The molecule has 1 fully saturated rings. The van der Waals surface area contributed by atoms with Crippen molar-refractivity contribution in [3.05, 3.63) is 29.3 Å². The van der Waals surface area contributed by atoms with Gasteiger partial charge >= 0.3 is 6.09 Å². The SMILES string of the molecule is CCCCCCC(C)(C)c1ccc([C@@H]2C[C@H](O)CCN2C(=O)OCC)c(O)c1. The van der Waals surface area contributed by atoms with Crippen molar-refractivity contribution in [2.75, 3.05) is 13.2 Å². The van der Waals surface area contributed by atoms with Crippen LogP contribution in [0, 0.1) is 0 Å². The van der Waals surface area contributed by atoms with E-state index in [-0.39, 0.29) is 23.3 Å². The number of nitrogens with zero attached hydrogens (tertiary/aromatic N) is 1. The van der Waals surface area contributed by atoms with Crippen LogP contribution in [0.25, 0.3) is 0 Å². The van der Waals surface area contributed by atoms with E-state index in [9.17, 15) is 15.0 Å². The van der Waals surface area contributed by atoms with Gasteiger partial charge in [0.25, 0.3) is 0 Å². The Hall–Kier alpha value is -1.75. The van der Waals surface area contributed by atoms with Crippen LogP contribution >= 0.6 is 0 Å². The van der Waals surface area contributed by atoms with Crippen molar-refractivity contribution in [2.45, 2.75) is 90.2 Å². The number of aliphatic hydroxyl groups excluding tert-OH is 1. The summed E-state index contributed by atoms with van der Waals surface area (Å²) in [6, 6.07) is 5.43. The van der Waals surface area contributed by atoms with E-state index in [1.54, 1.807) is 11.8 Å². The number of carbonyl (C=O) groups is 1. The minimum atomic E-state index is -0.482. The topological polar surface area (TPSA) is 70.0 Å². The second-order valence-corrected chi connectivity index (χ2v) is 8.55. The Morgan fingerprint density at radius 1 is 1.25 bits per heavy atom. The van der Waals surface area contributed by atoms with Crippen LogP contribution < -0.4 is 0 Å². The molecule has 0 saturated carbocycles. The molecule has 5 heteroatoms. The Balaban J connectivity index is 2.20. The summed E-state index contributed by atoms with van der Waals surface area (Å²) in [5.74, 6) is 0.188. The zero-order chi connectivity index (χ0) is 20.7. The maximum Gasteiger partial charge on any atom is 0.410 e. The van der Waals surface area contributed by atoms with Gasteiger partial charge in [0.1, 0.15) is 5.75 Å². The number of hydrogen-bond donors (Lipinski definition) is 2. The van der Waals surface area contributed by atoms with Gasteiger partial charge in [-0.15, -0.1) is 0 Å². The Bertz CT molecular complexity index is 643. The molecule has 2 atom stereocenters. The van der Waals surface area contributed by atoms with E-state index < -0.39 is 6.10 Å². The Kier molecular flexibility index (Phi) is 8.17. The van der Waals surface area contributed by atoms with Gasteiger partial charge in [0.2, 0.25) is 0 Å². The van der Waals surface area contributed by atoms with Gasteiger partial charge in [0.15, 0.2) is 0 Å². The number of benzene rings is 1. The minimum Gasteiger partial charge on any atom is -0.508 e. The van der Waals surface area contributed by atoms with Crippen LogP contribution in [-0.2, 0) is 10.2 Å². The summed E-state index contributed by atoms with van der Waals surface area (Å²) in [6.07, 6.45) is 6.03. The summed E-state index contributed by atoms with van der Waals surface area (Å²) in [7, 11) is 0. The van der Waals surface area contributed by atoms with Gasteiger partial charge in [-0.1, -0.05) is 58.6 Å². The summed E-state index contributed by atoms with van der Waals surface area (Å²) >= 11 is 0. The number of rotatable bonds is 8. The fraction of sp³-hybridized carbons (Fsp3) is 0.696. The maximum absolute atomic E-state index is 12.3. The lowest BCUT2D eigenvalue weighted by molar-refractivity contribution is 0.0295. The first kappa shape index (κ1) is 22.5. The predicted molar refractivity (Wildman–Crippen MR) is 112 cm³/mol. The van der Waals surface area contributed by atoms with Crippen LogP contribution in [0.5, 0.6) is 5.75 Å². The lowest BCUT2D eigenvalue weighted by Gasteiger charge is -2.37. The Morgan fingerprint density at radius 3 is 2.64 bits per heavy atom. The number of unbranched alkanes of at least 4 members (excludes halogenated alkanes) is 3. The van der Waals surface area contributed by atoms with Crippen molar-refractivity contribution < 1.29 is 19.7 Å². The Labute approximate surface area is 169 Å². The molecule has 158 valence electrons. The lowest BCUT2D eigenvalue weighted by atomic mass is 9.79. The van der Waals surface area contributed by atoms with Crippen LogP contribution in [0.15, 0.2) is 18.2 Å². The van der Waals surface area contributed by atoms with Gasteiger partial charge in [0.05, 0.1) is 18.8 Å². The van der Waals surface area contributed by atoms with Crippen molar-refractivity contribution >= 4 is 6.09 Å². The number of ether oxygens (including phenoxy) is 1. The molecule has 28 heavy (non-hydrogen) atoms. The highest BCUT2D eigenvalue weighted by Gasteiger charge is 2.34. The first-order valence-corrected chi connectivity index (χ1v) is 10.7. The minimum absolute atomic E-state index is 0.0172. The summed E-state index contributed by atoms with van der Waals surface area (Å²) in [5, 5.41) is 20.9. The number of phenolic OH excluding ortho intramolecular Hbond substituents is 1. The zero-order valence-corrected chi connectivity index (χ0v) is 17.9. The molecule has 1 aromatic carbocycles. The second-order valence-electron chi connectivity index (χ2n) is 8.55. The smallest absolute Gasteiger partial charge is 0.410 e. The maximum atomic E-state index is 12.3. The van der Waals surface area contributed by atoms with Crippen LogP contribution in [-0.4, -0.2) is 40.5 Å². The summed E-state index contributed by atoms with van der Waals surface area (Å²) in [6.45, 7) is 9.14. The fourth-order valence-electron chi connectivity index (χ4n) is 4.05. The number of likely N-dealkylation sites (tertiary alicyclic amines) is 1. The van der Waals surface area contributed by atoms with Gasteiger partial charge in [0, 0.05) is 12.1 Å².